The van der Waals surface area contributed by atoms with Crippen molar-refractivity contribution in [2.75, 3.05) is 0 Å². The summed E-state index contributed by atoms with van der Waals surface area (Å²) in [5.41, 5.74) is 15.6. The first-order valence-electron chi connectivity index (χ1n) is 8.83. The Hall–Kier alpha value is -1.64. The number of benzene rings is 2. The van der Waals surface area contributed by atoms with Crippen LogP contribution in [-0.4, -0.2) is 0 Å². The first-order valence-corrected chi connectivity index (χ1v) is 8.83. The lowest BCUT2D eigenvalue weighted by molar-refractivity contribution is 0.400. The van der Waals surface area contributed by atoms with E-state index in [1.165, 1.54) is 36.8 Å². The van der Waals surface area contributed by atoms with Crippen LogP contribution in [0.5, 0.6) is 0 Å². The van der Waals surface area contributed by atoms with E-state index in [-0.39, 0.29) is 0 Å². The van der Waals surface area contributed by atoms with E-state index in [0.29, 0.717) is 0 Å². The molecular weight excluding hydrogens is 280 g/mol. The second kappa shape index (κ2) is 8.85. The molecule has 0 radical (unpaired) electrons. The molecule has 0 aliphatic carbocycles. The third-order valence-corrected chi connectivity index (χ3v) is 4.44. The first kappa shape index (κ1) is 17.7. The van der Waals surface area contributed by atoms with E-state index in [4.69, 9.17) is 11.5 Å². The van der Waals surface area contributed by atoms with Crippen LogP contribution in [0.1, 0.15) is 62.1 Å². The molecule has 2 aromatic rings. The summed E-state index contributed by atoms with van der Waals surface area (Å²) < 4.78 is 0. The average Bonchev–Trinajstić information content (AvgIpc) is 2.56. The van der Waals surface area contributed by atoms with Gasteiger partial charge in [0.2, 0.25) is 0 Å². The normalized spacial score (nSPS) is 11.6. The van der Waals surface area contributed by atoms with Crippen LogP contribution in [0.2, 0.25) is 0 Å². The second-order valence-corrected chi connectivity index (χ2v) is 6.56. The number of unbranched alkanes of at least 4 members (excludes halogenated alkanes) is 4. The lowest BCUT2D eigenvalue weighted by Crippen LogP contribution is -2.45. The summed E-state index contributed by atoms with van der Waals surface area (Å²) in [6, 6.07) is 19.0. The van der Waals surface area contributed by atoms with Crippen molar-refractivity contribution in [2.45, 2.75) is 57.5 Å². The molecule has 0 fully saturated rings. The van der Waals surface area contributed by atoms with Gasteiger partial charge >= 0.3 is 0 Å². The van der Waals surface area contributed by atoms with Crippen molar-refractivity contribution < 1.29 is 0 Å². The highest BCUT2D eigenvalue weighted by atomic mass is 14.9. The molecule has 0 aliphatic rings. The Morgan fingerprint density at radius 3 is 2.00 bits per heavy atom. The monoisotopic (exact) mass is 310 g/mol. The Morgan fingerprint density at radius 1 is 0.739 bits per heavy atom. The minimum Gasteiger partial charge on any atom is -0.310 e. The Kier molecular flexibility index (Phi) is 6.82. The Labute approximate surface area is 140 Å². The van der Waals surface area contributed by atoms with Crippen molar-refractivity contribution in [1.29, 1.82) is 0 Å². The van der Waals surface area contributed by atoms with Gasteiger partial charge in [0, 0.05) is 0 Å². The summed E-state index contributed by atoms with van der Waals surface area (Å²) in [6.07, 6.45) is 7.95. The van der Waals surface area contributed by atoms with Crippen LogP contribution in [0, 0.1) is 0 Å². The van der Waals surface area contributed by atoms with Crippen LogP contribution in [-0.2, 0) is 12.1 Å². The minimum absolute atomic E-state index is 0.711. The largest absolute Gasteiger partial charge is 0.310 e. The topological polar surface area (TPSA) is 52.0 Å². The maximum atomic E-state index is 6.33. The molecule has 0 bridgehead atoms. The number of hydrogen-bond donors (Lipinski definition) is 2. The van der Waals surface area contributed by atoms with Crippen LogP contribution < -0.4 is 11.5 Å². The summed E-state index contributed by atoms with van der Waals surface area (Å²) in [4.78, 5) is 0. The lowest BCUT2D eigenvalue weighted by Gasteiger charge is -2.25. The fourth-order valence-electron chi connectivity index (χ4n) is 2.93. The lowest BCUT2D eigenvalue weighted by atomic mass is 9.93. The van der Waals surface area contributed by atoms with E-state index in [9.17, 15) is 0 Å². The predicted octanol–water partition coefficient (Wildman–Crippen LogP) is 4.71. The summed E-state index contributed by atoms with van der Waals surface area (Å²) in [5.74, 6) is 0. The van der Waals surface area contributed by atoms with Crippen molar-refractivity contribution >= 4 is 0 Å². The molecule has 2 aromatic carbocycles. The minimum atomic E-state index is -0.711. The second-order valence-electron chi connectivity index (χ2n) is 6.56. The number of rotatable bonds is 9. The zero-order valence-corrected chi connectivity index (χ0v) is 14.3. The van der Waals surface area contributed by atoms with Crippen LogP contribution >= 0.6 is 0 Å². The SMILES string of the molecule is CCCCCCCC(N)(N)c1ccc(Cc2ccccc2)cc1. The van der Waals surface area contributed by atoms with E-state index >= 15 is 0 Å². The molecule has 0 atom stereocenters. The maximum Gasteiger partial charge on any atom is 0.0899 e. The quantitative estimate of drug-likeness (QED) is 0.520. The standard InChI is InChI=1S/C21H30N2/c1-2-3-4-5-9-16-21(22,23)20-14-12-19(13-15-20)17-18-10-7-6-8-11-18/h6-8,10-15H,2-5,9,16-17,22-23H2,1H3. The summed E-state index contributed by atoms with van der Waals surface area (Å²) in [7, 11) is 0. The molecular formula is C21H30N2. The Morgan fingerprint density at radius 2 is 1.35 bits per heavy atom. The van der Waals surface area contributed by atoms with E-state index in [2.05, 4.69) is 55.5 Å². The van der Waals surface area contributed by atoms with E-state index in [1.807, 2.05) is 6.07 Å². The Bertz CT molecular complexity index is 558. The van der Waals surface area contributed by atoms with Crippen molar-refractivity contribution in [2.24, 2.45) is 11.5 Å². The van der Waals surface area contributed by atoms with Crippen molar-refractivity contribution in [3.63, 3.8) is 0 Å². The molecule has 0 amide bonds. The molecule has 2 rings (SSSR count). The first-order chi connectivity index (χ1) is 11.1. The maximum absolute atomic E-state index is 6.33. The molecule has 124 valence electrons. The fourth-order valence-corrected chi connectivity index (χ4v) is 2.93. The van der Waals surface area contributed by atoms with Gasteiger partial charge in [-0.05, 0) is 36.0 Å². The van der Waals surface area contributed by atoms with Gasteiger partial charge in [0.15, 0.2) is 0 Å². The van der Waals surface area contributed by atoms with Crippen molar-refractivity contribution in [1.82, 2.24) is 0 Å². The zero-order chi connectivity index (χ0) is 16.5. The molecule has 0 aliphatic heterocycles. The average molecular weight is 310 g/mol. The van der Waals surface area contributed by atoms with Crippen molar-refractivity contribution in [3.8, 4) is 0 Å². The summed E-state index contributed by atoms with van der Waals surface area (Å²) in [6.45, 7) is 2.23. The number of hydrogen-bond acceptors (Lipinski definition) is 2. The van der Waals surface area contributed by atoms with Crippen LogP contribution in [0.25, 0.3) is 0 Å². The highest BCUT2D eigenvalue weighted by molar-refractivity contribution is 5.31. The van der Waals surface area contributed by atoms with Gasteiger partial charge in [-0.15, -0.1) is 0 Å². The molecule has 0 spiro atoms. The molecule has 0 saturated carbocycles. The van der Waals surface area contributed by atoms with Crippen LogP contribution in [0.15, 0.2) is 54.6 Å². The third-order valence-electron chi connectivity index (χ3n) is 4.44. The molecule has 4 N–H and O–H groups in total. The Balaban J connectivity index is 1.89. The van der Waals surface area contributed by atoms with Crippen molar-refractivity contribution in [3.05, 3.63) is 71.3 Å². The number of nitrogens with two attached hydrogens (primary N) is 2. The van der Waals surface area contributed by atoms with Crippen LogP contribution in [0.3, 0.4) is 0 Å². The van der Waals surface area contributed by atoms with Gasteiger partial charge in [0.25, 0.3) is 0 Å². The fraction of sp³-hybridized carbons (Fsp3) is 0.429. The van der Waals surface area contributed by atoms with Gasteiger partial charge < -0.3 is 11.5 Å². The third kappa shape index (κ3) is 5.81. The molecule has 0 saturated heterocycles. The van der Waals surface area contributed by atoms with Gasteiger partial charge in [-0.2, -0.15) is 0 Å². The van der Waals surface area contributed by atoms with E-state index in [0.717, 1.165) is 24.8 Å². The molecule has 0 aromatic heterocycles. The molecule has 0 heterocycles. The van der Waals surface area contributed by atoms with E-state index in [1.54, 1.807) is 0 Å². The van der Waals surface area contributed by atoms with E-state index < -0.39 is 5.66 Å². The van der Waals surface area contributed by atoms with Gasteiger partial charge in [-0.1, -0.05) is 87.2 Å². The smallest absolute Gasteiger partial charge is 0.0899 e. The molecule has 0 unspecified atom stereocenters. The van der Waals surface area contributed by atoms with Crippen LogP contribution in [0.4, 0.5) is 0 Å². The molecule has 2 nitrogen and oxygen atoms in total. The predicted molar refractivity (Wildman–Crippen MR) is 99.1 cm³/mol. The highest BCUT2D eigenvalue weighted by Crippen LogP contribution is 2.21. The molecule has 23 heavy (non-hydrogen) atoms. The van der Waals surface area contributed by atoms with Gasteiger partial charge in [-0.25, -0.2) is 0 Å². The highest BCUT2D eigenvalue weighted by Gasteiger charge is 2.20. The summed E-state index contributed by atoms with van der Waals surface area (Å²) in [5, 5.41) is 0. The molecule has 2 heteroatoms. The van der Waals surface area contributed by atoms with Gasteiger partial charge in [-0.3, -0.25) is 0 Å². The van der Waals surface area contributed by atoms with Gasteiger partial charge in [0.1, 0.15) is 0 Å². The summed E-state index contributed by atoms with van der Waals surface area (Å²) >= 11 is 0. The zero-order valence-electron chi connectivity index (χ0n) is 14.3. The van der Waals surface area contributed by atoms with Gasteiger partial charge in [0.05, 0.1) is 5.66 Å².